The Bertz CT molecular complexity index is 514. The van der Waals surface area contributed by atoms with Crippen molar-refractivity contribution in [1.29, 1.82) is 0 Å². The number of piperidine rings is 2. The smallest absolute Gasteiger partial charge is 0.410 e. The highest BCUT2D eigenvalue weighted by molar-refractivity contribution is 5.87. The maximum absolute atomic E-state index is 12.4. The molecule has 0 saturated carbocycles. The molecule has 1 aromatic carbocycles. The molecule has 2 aliphatic rings. The molecule has 2 fully saturated rings. The van der Waals surface area contributed by atoms with Crippen LogP contribution in [0.25, 0.3) is 0 Å². The molecule has 2 atom stereocenters. The number of hydrogen-bond donors (Lipinski definition) is 1. The second kappa shape index (κ2) is 6.16. The Morgan fingerprint density at radius 2 is 1.90 bits per heavy atom. The Kier molecular flexibility index (Phi) is 4.08. The van der Waals surface area contributed by atoms with Gasteiger partial charge in [0, 0.05) is 24.9 Å². The van der Waals surface area contributed by atoms with Crippen molar-refractivity contribution in [2.24, 2.45) is 5.16 Å². The number of amides is 1. The molecule has 0 radical (unpaired) electrons. The van der Waals surface area contributed by atoms with Gasteiger partial charge in [-0.15, -0.1) is 0 Å². The average Bonchev–Trinajstić information content (AvgIpc) is 2.52. The summed E-state index contributed by atoms with van der Waals surface area (Å²) in [5, 5.41) is 12.3. The van der Waals surface area contributed by atoms with Crippen molar-refractivity contribution in [3.63, 3.8) is 0 Å². The van der Waals surface area contributed by atoms with E-state index in [2.05, 4.69) is 5.16 Å². The van der Waals surface area contributed by atoms with E-state index < -0.39 is 0 Å². The highest BCUT2D eigenvalue weighted by atomic mass is 16.6. The van der Waals surface area contributed by atoms with Crippen LogP contribution in [0.1, 0.15) is 37.7 Å². The molecule has 3 rings (SSSR count). The minimum absolute atomic E-state index is 0.117. The van der Waals surface area contributed by atoms with Gasteiger partial charge in [0.1, 0.15) is 6.61 Å². The van der Waals surface area contributed by atoms with Gasteiger partial charge in [0.15, 0.2) is 0 Å². The third-order valence-corrected chi connectivity index (χ3v) is 4.36. The van der Waals surface area contributed by atoms with Gasteiger partial charge in [-0.2, -0.15) is 0 Å². The molecule has 0 unspecified atom stereocenters. The Hall–Kier alpha value is -2.04. The number of nitrogens with zero attached hydrogens (tertiary/aromatic N) is 2. The molecule has 2 saturated heterocycles. The van der Waals surface area contributed by atoms with E-state index in [9.17, 15) is 4.79 Å². The standard InChI is InChI=1S/C16H20N2O3/c19-16(21-11-12-5-2-1-3-6-12)18-14-7-4-8-15(18)10-13(9-14)17-20/h1-3,5-6,14-15,20H,4,7-11H2/t14-,15+. The predicted octanol–water partition coefficient (Wildman–Crippen LogP) is 3.17. The van der Waals surface area contributed by atoms with Crippen molar-refractivity contribution in [3.05, 3.63) is 35.9 Å². The van der Waals surface area contributed by atoms with E-state index in [1.165, 1.54) is 0 Å². The summed E-state index contributed by atoms with van der Waals surface area (Å²) in [6, 6.07) is 9.93. The summed E-state index contributed by atoms with van der Waals surface area (Å²) in [7, 11) is 0. The monoisotopic (exact) mass is 288 g/mol. The zero-order valence-electron chi connectivity index (χ0n) is 11.9. The van der Waals surface area contributed by atoms with Crippen LogP contribution in [0.2, 0.25) is 0 Å². The van der Waals surface area contributed by atoms with Crippen molar-refractivity contribution < 1.29 is 14.7 Å². The van der Waals surface area contributed by atoms with Crippen molar-refractivity contribution in [2.75, 3.05) is 0 Å². The van der Waals surface area contributed by atoms with Crippen LogP contribution in [0.15, 0.2) is 35.5 Å². The van der Waals surface area contributed by atoms with Crippen molar-refractivity contribution in [1.82, 2.24) is 4.90 Å². The van der Waals surface area contributed by atoms with Crippen LogP contribution in [-0.2, 0) is 11.3 Å². The number of hydrogen-bond acceptors (Lipinski definition) is 4. The van der Waals surface area contributed by atoms with E-state index in [4.69, 9.17) is 9.94 Å². The zero-order valence-corrected chi connectivity index (χ0v) is 11.9. The first-order chi connectivity index (χ1) is 10.3. The first kappa shape index (κ1) is 13.9. The van der Waals surface area contributed by atoms with Crippen LogP contribution < -0.4 is 0 Å². The first-order valence-corrected chi connectivity index (χ1v) is 7.46. The lowest BCUT2D eigenvalue weighted by molar-refractivity contribution is 0.0380. The van der Waals surface area contributed by atoms with E-state index in [1.54, 1.807) is 0 Å². The number of carbonyl (C=O) groups is 1. The summed E-state index contributed by atoms with van der Waals surface area (Å²) in [5.41, 5.74) is 1.79. The predicted molar refractivity (Wildman–Crippen MR) is 78.3 cm³/mol. The second-order valence-corrected chi connectivity index (χ2v) is 5.76. The summed E-state index contributed by atoms with van der Waals surface area (Å²) in [6.07, 6.45) is 4.11. The summed E-state index contributed by atoms with van der Waals surface area (Å²) in [4.78, 5) is 14.2. The van der Waals surface area contributed by atoms with Crippen LogP contribution >= 0.6 is 0 Å². The average molecular weight is 288 g/mol. The van der Waals surface area contributed by atoms with Crippen molar-refractivity contribution in [3.8, 4) is 0 Å². The molecule has 1 amide bonds. The van der Waals surface area contributed by atoms with Crippen molar-refractivity contribution in [2.45, 2.75) is 50.8 Å². The Labute approximate surface area is 124 Å². The van der Waals surface area contributed by atoms with Crippen molar-refractivity contribution >= 4 is 11.8 Å². The molecule has 2 bridgehead atoms. The van der Waals surface area contributed by atoms with Gasteiger partial charge in [0.25, 0.3) is 0 Å². The normalized spacial score (nSPS) is 26.7. The quantitative estimate of drug-likeness (QED) is 0.671. The fraction of sp³-hybridized carbons (Fsp3) is 0.500. The molecule has 2 heterocycles. The first-order valence-electron chi connectivity index (χ1n) is 7.46. The number of carbonyl (C=O) groups excluding carboxylic acids is 1. The summed E-state index contributed by atoms with van der Waals surface area (Å²) < 4.78 is 5.46. The molecule has 5 nitrogen and oxygen atoms in total. The maximum Gasteiger partial charge on any atom is 0.410 e. The third kappa shape index (κ3) is 3.01. The third-order valence-electron chi connectivity index (χ3n) is 4.36. The lowest BCUT2D eigenvalue weighted by Crippen LogP contribution is -2.55. The van der Waals surface area contributed by atoms with Crippen LogP contribution in [0.5, 0.6) is 0 Å². The fourth-order valence-corrected chi connectivity index (χ4v) is 3.37. The lowest BCUT2D eigenvalue weighted by atomic mass is 9.84. The fourth-order valence-electron chi connectivity index (χ4n) is 3.37. The Balaban J connectivity index is 1.64. The SMILES string of the molecule is O=C(OCc1ccccc1)N1[C@@H]2CCC[C@H]1CC(=NO)C2. The number of benzene rings is 1. The topological polar surface area (TPSA) is 62.1 Å². The largest absolute Gasteiger partial charge is 0.445 e. The van der Waals surface area contributed by atoms with E-state index in [1.807, 2.05) is 35.2 Å². The van der Waals surface area contributed by atoms with E-state index in [-0.39, 0.29) is 18.2 Å². The van der Waals surface area contributed by atoms with Gasteiger partial charge in [-0.25, -0.2) is 4.79 Å². The molecule has 0 spiro atoms. The lowest BCUT2D eigenvalue weighted by Gasteiger charge is -2.45. The molecule has 1 aromatic rings. The number of rotatable bonds is 2. The van der Waals surface area contributed by atoms with Crippen LogP contribution in [-0.4, -0.2) is 34.0 Å². The molecule has 112 valence electrons. The van der Waals surface area contributed by atoms with Crippen LogP contribution in [0, 0.1) is 0 Å². The summed E-state index contributed by atoms with van der Waals surface area (Å²) in [5.74, 6) is 0. The number of fused-ring (bicyclic) bond motifs is 2. The van der Waals surface area contributed by atoms with Crippen LogP contribution in [0.3, 0.4) is 0 Å². The molecule has 2 aliphatic heterocycles. The molecule has 5 heteroatoms. The molecular weight excluding hydrogens is 268 g/mol. The Morgan fingerprint density at radius 1 is 1.24 bits per heavy atom. The maximum atomic E-state index is 12.4. The van der Waals surface area contributed by atoms with Gasteiger partial charge in [-0.1, -0.05) is 35.5 Å². The molecule has 1 N–H and O–H groups in total. The minimum atomic E-state index is -0.245. The molecule has 0 aromatic heterocycles. The van der Waals surface area contributed by atoms with Gasteiger partial charge in [-0.05, 0) is 24.8 Å². The second-order valence-electron chi connectivity index (χ2n) is 5.76. The highest BCUT2D eigenvalue weighted by Crippen LogP contribution is 2.33. The highest BCUT2D eigenvalue weighted by Gasteiger charge is 2.40. The van der Waals surface area contributed by atoms with Gasteiger partial charge in [0.05, 0.1) is 5.71 Å². The Morgan fingerprint density at radius 3 is 2.52 bits per heavy atom. The van der Waals surface area contributed by atoms with E-state index >= 15 is 0 Å². The molecule has 0 aliphatic carbocycles. The van der Waals surface area contributed by atoms with Gasteiger partial charge in [0.2, 0.25) is 0 Å². The molecule has 21 heavy (non-hydrogen) atoms. The van der Waals surface area contributed by atoms with Gasteiger partial charge < -0.3 is 14.8 Å². The van der Waals surface area contributed by atoms with E-state index in [0.717, 1.165) is 30.5 Å². The van der Waals surface area contributed by atoms with E-state index in [0.29, 0.717) is 19.4 Å². The summed E-state index contributed by atoms with van der Waals surface area (Å²) in [6.45, 7) is 0.302. The molecular formula is C16H20N2O3. The zero-order chi connectivity index (χ0) is 14.7. The van der Waals surface area contributed by atoms with Crippen LogP contribution in [0.4, 0.5) is 4.79 Å². The summed E-state index contributed by atoms with van der Waals surface area (Å²) >= 11 is 0. The number of ether oxygens (including phenoxy) is 1. The van der Waals surface area contributed by atoms with Gasteiger partial charge in [-0.3, -0.25) is 0 Å². The number of oxime groups is 1. The minimum Gasteiger partial charge on any atom is -0.445 e. The van der Waals surface area contributed by atoms with Gasteiger partial charge >= 0.3 is 6.09 Å².